The molecule has 172 valence electrons. The average molecular weight is 450 g/mol. The van der Waals surface area contributed by atoms with E-state index in [9.17, 15) is 13.2 Å². The Morgan fingerprint density at radius 1 is 1.16 bits per heavy atom. The number of pyridine rings is 1. The molecule has 1 N–H and O–H groups in total. The zero-order valence-electron chi connectivity index (χ0n) is 19.7. The van der Waals surface area contributed by atoms with Gasteiger partial charge < -0.3 is 15.0 Å². The molecule has 1 saturated carbocycles. The van der Waals surface area contributed by atoms with E-state index < -0.39 is 18.2 Å². The molecule has 2 aromatic rings. The Balaban J connectivity index is 1.19. The van der Waals surface area contributed by atoms with Crippen molar-refractivity contribution in [3.63, 3.8) is 0 Å². The zero-order chi connectivity index (χ0) is 23.9. The number of nitrogens with zero attached hydrogens (tertiary/aromatic N) is 4. The first kappa shape index (κ1) is 19.2. The maximum atomic E-state index is 13.3. The summed E-state index contributed by atoms with van der Waals surface area (Å²) in [7, 11) is 0. The first-order valence-electron chi connectivity index (χ1n) is 12.2. The van der Waals surface area contributed by atoms with Crippen LogP contribution in [0.4, 0.5) is 19.0 Å². The summed E-state index contributed by atoms with van der Waals surface area (Å²) in [6.45, 7) is 1.33. The van der Waals surface area contributed by atoms with Gasteiger partial charge in [-0.1, -0.05) is 0 Å². The van der Waals surface area contributed by atoms with Crippen LogP contribution >= 0.6 is 0 Å². The highest BCUT2D eigenvalue weighted by Gasteiger charge is 2.41. The molecule has 32 heavy (non-hydrogen) atoms. The van der Waals surface area contributed by atoms with E-state index in [0.717, 1.165) is 63.8 Å². The Bertz CT molecular complexity index is 987. The second kappa shape index (κ2) is 8.94. The van der Waals surface area contributed by atoms with Crippen molar-refractivity contribution in [1.29, 1.82) is 0 Å². The van der Waals surface area contributed by atoms with Crippen LogP contribution in [0.2, 0.25) is 0 Å². The maximum Gasteiger partial charge on any atom is 0.417 e. The van der Waals surface area contributed by atoms with E-state index >= 15 is 0 Å². The number of rotatable bonds is 5. The van der Waals surface area contributed by atoms with Crippen molar-refractivity contribution in [2.45, 2.75) is 37.9 Å². The van der Waals surface area contributed by atoms with E-state index in [1.54, 1.807) is 6.07 Å². The third-order valence-electron chi connectivity index (χ3n) is 6.70. The number of aromatic nitrogens is 3. The topological polar surface area (TPSA) is 63.2 Å². The highest BCUT2D eigenvalue weighted by Crippen LogP contribution is 2.40. The molecule has 2 saturated heterocycles. The smallest absolute Gasteiger partial charge is 0.381 e. The van der Waals surface area contributed by atoms with Crippen LogP contribution in [0.15, 0.2) is 30.6 Å². The van der Waals surface area contributed by atoms with Gasteiger partial charge in [-0.2, -0.15) is 13.2 Å². The molecule has 4 heterocycles. The minimum absolute atomic E-state index is 0.0829. The van der Waals surface area contributed by atoms with Crippen LogP contribution in [0.25, 0.3) is 11.3 Å². The van der Waals surface area contributed by atoms with Crippen LogP contribution in [-0.2, 0) is 10.9 Å². The van der Waals surface area contributed by atoms with Crippen molar-refractivity contribution < 1.29 is 20.6 Å². The Morgan fingerprint density at radius 2 is 1.97 bits per heavy atom. The highest BCUT2D eigenvalue weighted by atomic mass is 19.4. The van der Waals surface area contributed by atoms with Gasteiger partial charge in [-0.25, -0.2) is 0 Å². The molecule has 9 heteroatoms. The molecule has 1 unspecified atom stereocenters. The zero-order valence-corrected chi connectivity index (χ0v) is 17.7. The van der Waals surface area contributed by atoms with Gasteiger partial charge in [0.1, 0.15) is 5.82 Å². The van der Waals surface area contributed by atoms with E-state index in [-0.39, 0.29) is 23.2 Å². The number of hydrogen-bond acceptors (Lipinski definition) is 6. The van der Waals surface area contributed by atoms with Crippen molar-refractivity contribution in [2.75, 3.05) is 38.1 Å². The molecular formula is C23H28F3N5O. The Labute approximate surface area is 188 Å². The third-order valence-corrected chi connectivity index (χ3v) is 6.70. The lowest BCUT2D eigenvalue weighted by Crippen LogP contribution is -2.33. The quantitative estimate of drug-likeness (QED) is 0.742. The van der Waals surface area contributed by atoms with Crippen molar-refractivity contribution in [3.8, 4) is 11.3 Å². The molecule has 0 aromatic carbocycles. The third kappa shape index (κ3) is 4.73. The fraction of sp³-hybridized carbons (Fsp3) is 0.609. The highest BCUT2D eigenvalue weighted by molar-refractivity contribution is 5.63. The molecule has 0 radical (unpaired) electrons. The largest absolute Gasteiger partial charge is 0.417 e. The number of likely N-dealkylation sites (tertiary alicyclic amines) is 1. The minimum Gasteiger partial charge on any atom is -0.381 e. The van der Waals surface area contributed by atoms with Crippen LogP contribution in [0.1, 0.15) is 34.0 Å². The van der Waals surface area contributed by atoms with E-state index in [4.69, 9.17) is 7.48 Å². The second-order valence-corrected chi connectivity index (χ2v) is 9.00. The molecule has 2 aliphatic heterocycles. The molecule has 5 rings (SSSR count). The lowest BCUT2D eigenvalue weighted by atomic mass is 10.0. The Kier molecular flexibility index (Phi) is 5.37. The van der Waals surface area contributed by atoms with Gasteiger partial charge in [-0.05, 0) is 61.6 Å². The number of ether oxygens (including phenoxy) is 1. The van der Waals surface area contributed by atoms with Gasteiger partial charge in [0.2, 0.25) is 0 Å². The Morgan fingerprint density at radius 3 is 2.62 bits per heavy atom. The first-order chi connectivity index (χ1) is 16.2. The molecule has 6 nitrogen and oxygen atoms in total. The molecule has 3 aliphatic rings. The van der Waals surface area contributed by atoms with E-state index in [1.807, 2.05) is 4.90 Å². The fourth-order valence-electron chi connectivity index (χ4n) is 5.23. The van der Waals surface area contributed by atoms with Crippen molar-refractivity contribution in [1.82, 2.24) is 20.1 Å². The van der Waals surface area contributed by atoms with Crippen LogP contribution < -0.4 is 5.32 Å². The van der Waals surface area contributed by atoms with Crippen molar-refractivity contribution in [3.05, 3.63) is 36.2 Å². The van der Waals surface area contributed by atoms with Crippen molar-refractivity contribution >= 4 is 5.82 Å². The van der Waals surface area contributed by atoms with Gasteiger partial charge >= 0.3 is 6.18 Å². The number of anilines is 1. The number of nitrogens with one attached hydrogen (secondary N) is 1. The number of halogens is 3. The Hall–Kier alpha value is -2.26. The van der Waals surface area contributed by atoms with Gasteiger partial charge in [0.15, 0.2) is 0 Å². The van der Waals surface area contributed by atoms with E-state index in [1.165, 1.54) is 6.07 Å². The molecule has 4 atom stereocenters. The normalized spacial score (nSPS) is 30.0. The SMILES string of the molecule is [2H]C([2H])([C@H]1CCCOC1)N1C[C@H]2CC(Nc3ccc(-c4cnccc4C(F)(F)F)nn3)C[C@H]2C1. The molecule has 0 bridgehead atoms. The predicted octanol–water partition coefficient (Wildman–Crippen LogP) is 4.11. The molecule has 0 amide bonds. The lowest BCUT2D eigenvalue weighted by Gasteiger charge is -2.27. The summed E-state index contributed by atoms with van der Waals surface area (Å²) in [6, 6.07) is 4.30. The summed E-state index contributed by atoms with van der Waals surface area (Å²) in [4.78, 5) is 5.80. The molecule has 2 aromatic heterocycles. The van der Waals surface area contributed by atoms with Crippen LogP contribution in [0, 0.1) is 17.8 Å². The summed E-state index contributed by atoms with van der Waals surface area (Å²) in [5.74, 6) is 1.27. The fourth-order valence-corrected chi connectivity index (χ4v) is 5.23. The molecule has 1 aliphatic carbocycles. The predicted molar refractivity (Wildman–Crippen MR) is 114 cm³/mol. The first-order valence-corrected chi connectivity index (χ1v) is 11.2. The number of fused-ring (bicyclic) bond motifs is 1. The van der Waals surface area contributed by atoms with E-state index in [2.05, 4.69) is 20.5 Å². The summed E-state index contributed by atoms with van der Waals surface area (Å²) in [5, 5.41) is 11.5. The number of hydrogen-bond donors (Lipinski definition) is 1. The van der Waals surface area contributed by atoms with Gasteiger partial charge in [0, 0.05) is 52.9 Å². The molecule has 0 spiro atoms. The summed E-state index contributed by atoms with van der Waals surface area (Å²) >= 11 is 0. The number of alkyl halides is 3. The second-order valence-electron chi connectivity index (χ2n) is 9.00. The standard InChI is InChI=1S/C23H28F3N5O/c24-23(25,26)20-5-6-27-10-19(20)21-3-4-22(30-29-21)28-18-8-16-12-31(13-17(16)9-18)11-15-2-1-7-32-14-15/h3-6,10,15-18H,1-2,7-9,11-14H2,(H,28,30)/t15-,16-,17+,18?/m1/s1/i11D2. The van der Waals surface area contributed by atoms with Gasteiger partial charge in [-0.3, -0.25) is 4.98 Å². The molecular weight excluding hydrogens is 419 g/mol. The van der Waals surface area contributed by atoms with Gasteiger partial charge in [0.05, 0.1) is 17.9 Å². The minimum atomic E-state index is -4.49. The van der Waals surface area contributed by atoms with Gasteiger partial charge in [0.25, 0.3) is 0 Å². The summed E-state index contributed by atoms with van der Waals surface area (Å²) < 4.78 is 62.7. The summed E-state index contributed by atoms with van der Waals surface area (Å²) in [5.41, 5.74) is -0.758. The lowest BCUT2D eigenvalue weighted by molar-refractivity contribution is -0.137. The monoisotopic (exact) mass is 449 g/mol. The average Bonchev–Trinajstić information content (AvgIpc) is 3.39. The van der Waals surface area contributed by atoms with Gasteiger partial charge in [-0.15, -0.1) is 10.2 Å². The van der Waals surface area contributed by atoms with E-state index in [0.29, 0.717) is 24.3 Å². The van der Waals surface area contributed by atoms with Crippen LogP contribution in [0.5, 0.6) is 0 Å². The van der Waals surface area contributed by atoms with Crippen LogP contribution in [0.3, 0.4) is 0 Å². The maximum absolute atomic E-state index is 13.3. The van der Waals surface area contributed by atoms with Crippen molar-refractivity contribution in [2.24, 2.45) is 17.8 Å². The molecule has 3 fully saturated rings. The van der Waals surface area contributed by atoms with Crippen LogP contribution in [-0.4, -0.2) is 58.9 Å². The summed E-state index contributed by atoms with van der Waals surface area (Å²) in [6.07, 6.45) is 1.36.